The fourth-order valence-corrected chi connectivity index (χ4v) is 3.99. The normalized spacial score (nSPS) is 34.3. The van der Waals surface area contributed by atoms with Gasteiger partial charge in [0.15, 0.2) is 0 Å². The number of quaternary nitrogens is 1. The molecule has 2 aliphatic rings. The summed E-state index contributed by atoms with van der Waals surface area (Å²) in [5, 5.41) is 2.70. The van der Waals surface area contributed by atoms with Gasteiger partial charge in [-0.3, -0.25) is 0 Å². The SMILES string of the molecule is C=CCO[C@H](CN1CC[NH2+]C1)C1CCC(Cl)CC1Cl. The molecule has 0 bridgehead atoms. The average Bonchev–Trinajstić information content (AvgIpc) is 2.88. The first kappa shape index (κ1) is 15.6. The molecule has 5 heteroatoms. The van der Waals surface area contributed by atoms with E-state index in [1.807, 2.05) is 6.08 Å². The monoisotopic (exact) mass is 307 g/mol. The first-order chi connectivity index (χ1) is 9.20. The second-order valence-corrected chi connectivity index (χ2v) is 6.77. The second-order valence-electron chi connectivity index (χ2n) is 5.59. The number of hydrogen-bond donors (Lipinski definition) is 1. The average molecular weight is 308 g/mol. The van der Waals surface area contributed by atoms with Gasteiger partial charge in [-0.25, -0.2) is 4.90 Å². The molecule has 2 rings (SSSR count). The van der Waals surface area contributed by atoms with E-state index in [-0.39, 0.29) is 16.9 Å². The van der Waals surface area contributed by atoms with Gasteiger partial charge in [-0.05, 0) is 19.3 Å². The Morgan fingerprint density at radius 1 is 1.42 bits per heavy atom. The van der Waals surface area contributed by atoms with Crippen LogP contribution < -0.4 is 5.32 Å². The predicted octanol–water partition coefficient (Wildman–Crippen LogP) is 1.41. The van der Waals surface area contributed by atoms with Crippen LogP contribution in [0, 0.1) is 5.92 Å². The molecule has 3 unspecified atom stereocenters. The maximum Gasteiger partial charge on any atom is 0.132 e. The Morgan fingerprint density at radius 2 is 2.26 bits per heavy atom. The lowest BCUT2D eigenvalue weighted by atomic mass is 9.84. The summed E-state index contributed by atoms with van der Waals surface area (Å²) in [5.41, 5.74) is 0. The molecule has 1 aliphatic heterocycles. The van der Waals surface area contributed by atoms with Crippen LogP contribution in [0.5, 0.6) is 0 Å². The van der Waals surface area contributed by atoms with E-state index < -0.39 is 0 Å². The summed E-state index contributed by atoms with van der Waals surface area (Å²) in [7, 11) is 0. The van der Waals surface area contributed by atoms with Gasteiger partial charge < -0.3 is 10.1 Å². The summed E-state index contributed by atoms with van der Waals surface area (Å²) in [6.45, 7) is 8.73. The molecule has 1 saturated heterocycles. The summed E-state index contributed by atoms with van der Waals surface area (Å²) < 4.78 is 6.00. The van der Waals surface area contributed by atoms with Crippen molar-refractivity contribution in [2.24, 2.45) is 5.92 Å². The van der Waals surface area contributed by atoms with Crippen molar-refractivity contribution >= 4 is 23.2 Å². The zero-order valence-corrected chi connectivity index (χ0v) is 13.0. The standard InChI is InChI=1S/C14H24Cl2N2O/c1-2-7-19-14(9-18-6-5-17-10-18)12-4-3-11(15)8-13(12)16/h2,11-14,17H,1,3-10H2/p+1/t11?,12?,13?,14-/m1/s1. The van der Waals surface area contributed by atoms with Crippen LogP contribution in [-0.2, 0) is 4.74 Å². The van der Waals surface area contributed by atoms with Gasteiger partial charge in [-0.1, -0.05) is 6.08 Å². The number of ether oxygens (including phenoxy) is 1. The van der Waals surface area contributed by atoms with E-state index in [0.717, 1.165) is 39.0 Å². The van der Waals surface area contributed by atoms with Crippen LogP contribution in [0.2, 0.25) is 0 Å². The molecule has 110 valence electrons. The van der Waals surface area contributed by atoms with Gasteiger partial charge in [0.2, 0.25) is 0 Å². The molecular formula is C14H25Cl2N2O+. The van der Waals surface area contributed by atoms with Crippen molar-refractivity contribution in [3.63, 3.8) is 0 Å². The molecule has 0 aromatic carbocycles. The zero-order valence-electron chi connectivity index (χ0n) is 11.4. The van der Waals surface area contributed by atoms with Crippen molar-refractivity contribution in [2.75, 3.05) is 32.9 Å². The van der Waals surface area contributed by atoms with E-state index in [1.54, 1.807) is 0 Å². The summed E-state index contributed by atoms with van der Waals surface area (Å²) in [4.78, 5) is 2.45. The van der Waals surface area contributed by atoms with Gasteiger partial charge in [0.05, 0.1) is 25.8 Å². The van der Waals surface area contributed by atoms with Crippen LogP contribution in [0.1, 0.15) is 19.3 Å². The molecule has 1 heterocycles. The molecule has 4 atom stereocenters. The molecule has 0 radical (unpaired) electrons. The molecule has 3 nitrogen and oxygen atoms in total. The van der Waals surface area contributed by atoms with E-state index in [2.05, 4.69) is 16.8 Å². The Bertz CT molecular complexity index is 285. The van der Waals surface area contributed by atoms with Crippen LogP contribution >= 0.6 is 23.2 Å². The predicted molar refractivity (Wildman–Crippen MR) is 79.8 cm³/mol. The lowest BCUT2D eigenvalue weighted by Crippen LogP contribution is -2.82. The quantitative estimate of drug-likeness (QED) is 0.594. The Hall–Kier alpha value is 0.200. The highest BCUT2D eigenvalue weighted by molar-refractivity contribution is 6.24. The molecule has 1 saturated carbocycles. The Morgan fingerprint density at radius 3 is 2.89 bits per heavy atom. The molecule has 19 heavy (non-hydrogen) atoms. The maximum atomic E-state index is 6.52. The number of rotatable bonds is 6. The van der Waals surface area contributed by atoms with Crippen molar-refractivity contribution in [2.45, 2.75) is 36.1 Å². The van der Waals surface area contributed by atoms with Gasteiger partial charge in [0, 0.05) is 23.2 Å². The molecule has 0 spiro atoms. The van der Waals surface area contributed by atoms with E-state index in [9.17, 15) is 0 Å². The Balaban J connectivity index is 1.92. The van der Waals surface area contributed by atoms with E-state index in [1.165, 1.54) is 6.54 Å². The third-order valence-electron chi connectivity index (χ3n) is 4.14. The van der Waals surface area contributed by atoms with Crippen LogP contribution in [0.25, 0.3) is 0 Å². The van der Waals surface area contributed by atoms with Crippen LogP contribution in [0.15, 0.2) is 12.7 Å². The van der Waals surface area contributed by atoms with Crippen molar-refractivity contribution in [3.05, 3.63) is 12.7 Å². The number of nitrogens with zero attached hydrogens (tertiary/aromatic N) is 1. The first-order valence-corrected chi connectivity index (χ1v) is 8.12. The molecule has 0 aromatic rings. The lowest BCUT2D eigenvalue weighted by molar-refractivity contribution is -0.643. The Kier molecular flexibility index (Phi) is 6.43. The number of halogens is 2. The summed E-state index contributed by atoms with van der Waals surface area (Å²) in [6.07, 6.45) is 5.04. The third kappa shape index (κ3) is 4.61. The minimum absolute atomic E-state index is 0.137. The van der Waals surface area contributed by atoms with Gasteiger partial charge in [-0.15, -0.1) is 29.8 Å². The fraction of sp³-hybridized carbons (Fsp3) is 0.857. The molecule has 2 fully saturated rings. The minimum atomic E-state index is 0.137. The van der Waals surface area contributed by atoms with Crippen LogP contribution in [-0.4, -0.2) is 54.7 Å². The highest BCUT2D eigenvalue weighted by Crippen LogP contribution is 2.35. The maximum absolute atomic E-state index is 6.52. The summed E-state index contributed by atoms with van der Waals surface area (Å²) in [5.74, 6) is 0.414. The molecule has 2 N–H and O–H groups in total. The van der Waals surface area contributed by atoms with Gasteiger partial charge in [0.1, 0.15) is 6.67 Å². The number of nitrogens with two attached hydrogens (primary N) is 1. The van der Waals surface area contributed by atoms with Crippen LogP contribution in [0.3, 0.4) is 0 Å². The van der Waals surface area contributed by atoms with Crippen molar-refractivity contribution < 1.29 is 10.1 Å². The largest absolute Gasteiger partial charge is 0.372 e. The zero-order chi connectivity index (χ0) is 13.7. The minimum Gasteiger partial charge on any atom is -0.372 e. The smallest absolute Gasteiger partial charge is 0.132 e. The van der Waals surface area contributed by atoms with Crippen molar-refractivity contribution in [1.82, 2.24) is 4.90 Å². The highest BCUT2D eigenvalue weighted by atomic mass is 35.5. The molecular weight excluding hydrogens is 283 g/mol. The second kappa shape index (κ2) is 7.84. The van der Waals surface area contributed by atoms with E-state index in [4.69, 9.17) is 27.9 Å². The molecule has 0 aromatic heterocycles. The summed E-state index contributed by atoms with van der Waals surface area (Å²) >= 11 is 12.7. The van der Waals surface area contributed by atoms with Crippen LogP contribution in [0.4, 0.5) is 0 Å². The highest BCUT2D eigenvalue weighted by Gasteiger charge is 2.35. The summed E-state index contributed by atoms with van der Waals surface area (Å²) in [6, 6.07) is 0. The molecule has 1 aliphatic carbocycles. The molecule has 0 amide bonds. The van der Waals surface area contributed by atoms with Gasteiger partial charge >= 0.3 is 0 Å². The van der Waals surface area contributed by atoms with Gasteiger partial charge in [0.25, 0.3) is 0 Å². The van der Waals surface area contributed by atoms with Crippen molar-refractivity contribution in [1.29, 1.82) is 0 Å². The first-order valence-electron chi connectivity index (χ1n) is 7.25. The van der Waals surface area contributed by atoms with E-state index in [0.29, 0.717) is 12.5 Å². The van der Waals surface area contributed by atoms with E-state index >= 15 is 0 Å². The number of alkyl halides is 2. The van der Waals surface area contributed by atoms with Gasteiger partial charge in [-0.2, -0.15) is 0 Å². The lowest BCUT2D eigenvalue weighted by Gasteiger charge is -2.36. The Labute approximate surface area is 126 Å². The number of hydrogen-bond acceptors (Lipinski definition) is 2. The van der Waals surface area contributed by atoms with Crippen molar-refractivity contribution in [3.8, 4) is 0 Å². The topological polar surface area (TPSA) is 29.1 Å². The fourth-order valence-electron chi connectivity index (χ4n) is 3.07. The third-order valence-corrected chi connectivity index (χ3v) is 5.04.